The van der Waals surface area contributed by atoms with E-state index in [-0.39, 0.29) is 6.04 Å². The number of halogens is 2. The Morgan fingerprint density at radius 2 is 2.00 bits per heavy atom. The largest absolute Gasteiger partial charge is 0.496 e. The molecule has 1 aromatic carbocycles. The van der Waals surface area contributed by atoms with Gasteiger partial charge in [-0.1, -0.05) is 15.9 Å². The highest BCUT2D eigenvalue weighted by Crippen LogP contribution is 2.34. The number of hydrogen-bond donors (Lipinski definition) is 1. The Kier molecular flexibility index (Phi) is 4.14. The minimum atomic E-state index is -0.358. The van der Waals surface area contributed by atoms with Crippen LogP contribution in [0.4, 0.5) is 0 Å². The summed E-state index contributed by atoms with van der Waals surface area (Å²) in [6.07, 6.45) is 0. The maximum Gasteiger partial charge on any atom is 0.169 e. The first-order valence-corrected chi connectivity index (χ1v) is 6.96. The van der Waals surface area contributed by atoms with Crippen molar-refractivity contribution in [2.45, 2.75) is 13.0 Å². The molecule has 0 bridgehead atoms. The second-order valence-electron chi connectivity index (χ2n) is 3.96. The Labute approximate surface area is 123 Å². The van der Waals surface area contributed by atoms with Crippen LogP contribution in [0.25, 0.3) is 0 Å². The third-order valence-corrected chi connectivity index (χ3v) is 4.03. The van der Waals surface area contributed by atoms with Gasteiger partial charge in [-0.25, -0.2) is 0 Å². The smallest absolute Gasteiger partial charge is 0.169 e. The third kappa shape index (κ3) is 2.63. The number of benzene rings is 1. The molecule has 0 spiro atoms. The van der Waals surface area contributed by atoms with Gasteiger partial charge in [0.15, 0.2) is 4.67 Å². The van der Waals surface area contributed by atoms with E-state index in [0.717, 1.165) is 21.3 Å². The van der Waals surface area contributed by atoms with Crippen molar-refractivity contribution in [3.63, 3.8) is 0 Å². The van der Waals surface area contributed by atoms with Gasteiger partial charge in [0.05, 0.1) is 13.2 Å². The Balaban J connectivity index is 2.46. The summed E-state index contributed by atoms with van der Waals surface area (Å²) >= 11 is 6.78. The fourth-order valence-corrected chi connectivity index (χ4v) is 2.42. The van der Waals surface area contributed by atoms with Gasteiger partial charge in [0, 0.05) is 10.0 Å². The molecule has 0 aliphatic carbocycles. The summed E-state index contributed by atoms with van der Waals surface area (Å²) in [5.41, 5.74) is 8.20. The molecular weight excluding hydrogens is 362 g/mol. The van der Waals surface area contributed by atoms with E-state index in [1.807, 2.05) is 31.2 Å². The van der Waals surface area contributed by atoms with Crippen molar-refractivity contribution in [1.82, 2.24) is 0 Å². The Bertz CT molecular complexity index is 566. The van der Waals surface area contributed by atoms with Crippen LogP contribution in [0.1, 0.15) is 22.9 Å². The lowest BCUT2D eigenvalue weighted by Gasteiger charge is -2.15. The highest BCUT2D eigenvalue weighted by molar-refractivity contribution is 9.10. The van der Waals surface area contributed by atoms with Crippen LogP contribution in [0.5, 0.6) is 5.75 Å². The summed E-state index contributed by atoms with van der Waals surface area (Å²) < 4.78 is 12.5. The summed E-state index contributed by atoms with van der Waals surface area (Å²) in [5.74, 6) is 1.45. The monoisotopic (exact) mass is 373 g/mol. The molecule has 3 nitrogen and oxygen atoms in total. The molecule has 0 amide bonds. The second kappa shape index (κ2) is 5.47. The topological polar surface area (TPSA) is 48.4 Å². The van der Waals surface area contributed by atoms with Gasteiger partial charge < -0.3 is 14.9 Å². The molecule has 0 saturated heterocycles. The first kappa shape index (κ1) is 13.6. The first-order valence-electron chi connectivity index (χ1n) is 5.37. The summed E-state index contributed by atoms with van der Waals surface area (Å²) in [7, 11) is 1.64. The van der Waals surface area contributed by atoms with E-state index in [9.17, 15) is 0 Å². The number of methoxy groups -OCH3 is 1. The van der Waals surface area contributed by atoms with E-state index >= 15 is 0 Å². The molecule has 1 heterocycles. The van der Waals surface area contributed by atoms with Crippen LogP contribution in [-0.4, -0.2) is 7.11 Å². The fourth-order valence-electron chi connectivity index (χ4n) is 1.74. The van der Waals surface area contributed by atoms with Crippen LogP contribution >= 0.6 is 31.9 Å². The van der Waals surface area contributed by atoms with E-state index < -0.39 is 0 Å². The maximum atomic E-state index is 6.21. The van der Waals surface area contributed by atoms with Gasteiger partial charge in [0.1, 0.15) is 11.5 Å². The minimum Gasteiger partial charge on any atom is -0.496 e. The lowest BCUT2D eigenvalue weighted by molar-refractivity contribution is 0.401. The van der Waals surface area contributed by atoms with E-state index in [1.165, 1.54) is 0 Å². The standard InChI is InChI=1S/C13H13Br2NO2/c1-7-5-11(17-2)8(6-9(7)14)13(16)10-3-4-12(15)18-10/h3-6,13H,16H2,1-2H3. The van der Waals surface area contributed by atoms with Crippen LogP contribution in [0.2, 0.25) is 0 Å². The molecule has 0 aliphatic rings. The zero-order valence-electron chi connectivity index (χ0n) is 10.0. The zero-order chi connectivity index (χ0) is 13.3. The molecule has 2 rings (SSSR count). The van der Waals surface area contributed by atoms with E-state index in [1.54, 1.807) is 7.11 Å². The summed E-state index contributed by atoms with van der Waals surface area (Å²) in [6.45, 7) is 2.01. The molecule has 2 aromatic rings. The van der Waals surface area contributed by atoms with E-state index in [4.69, 9.17) is 14.9 Å². The number of hydrogen-bond acceptors (Lipinski definition) is 3. The number of rotatable bonds is 3. The zero-order valence-corrected chi connectivity index (χ0v) is 13.2. The predicted octanol–water partition coefficient (Wildman–Crippen LogP) is 4.17. The van der Waals surface area contributed by atoms with Gasteiger partial charge in [0.2, 0.25) is 0 Å². The quantitative estimate of drug-likeness (QED) is 0.876. The maximum absolute atomic E-state index is 6.21. The lowest BCUT2D eigenvalue weighted by atomic mass is 10.0. The Hall–Kier alpha value is -0.780. The van der Waals surface area contributed by atoms with Crippen molar-refractivity contribution in [3.05, 3.63) is 50.3 Å². The van der Waals surface area contributed by atoms with Crippen molar-refractivity contribution >= 4 is 31.9 Å². The third-order valence-electron chi connectivity index (χ3n) is 2.75. The Morgan fingerprint density at radius 3 is 2.56 bits per heavy atom. The summed E-state index contributed by atoms with van der Waals surface area (Å²) in [4.78, 5) is 0. The molecule has 0 fully saturated rings. The van der Waals surface area contributed by atoms with Gasteiger partial charge >= 0.3 is 0 Å². The number of nitrogens with two attached hydrogens (primary N) is 1. The molecule has 18 heavy (non-hydrogen) atoms. The molecule has 1 unspecified atom stereocenters. The van der Waals surface area contributed by atoms with Crippen LogP contribution in [0, 0.1) is 6.92 Å². The number of ether oxygens (including phenoxy) is 1. The molecular formula is C13H13Br2NO2. The van der Waals surface area contributed by atoms with Crippen LogP contribution in [0.3, 0.4) is 0 Å². The SMILES string of the molecule is COc1cc(C)c(Br)cc1C(N)c1ccc(Br)o1. The van der Waals surface area contributed by atoms with Crippen molar-refractivity contribution in [2.24, 2.45) is 5.73 Å². The minimum absolute atomic E-state index is 0.358. The van der Waals surface area contributed by atoms with Crippen LogP contribution in [0.15, 0.2) is 37.8 Å². The lowest BCUT2D eigenvalue weighted by Crippen LogP contribution is -2.12. The van der Waals surface area contributed by atoms with E-state index in [2.05, 4.69) is 31.9 Å². The molecule has 96 valence electrons. The van der Waals surface area contributed by atoms with Crippen molar-refractivity contribution < 1.29 is 9.15 Å². The predicted molar refractivity (Wildman–Crippen MR) is 77.9 cm³/mol. The van der Waals surface area contributed by atoms with Crippen molar-refractivity contribution in [3.8, 4) is 5.75 Å². The molecule has 0 radical (unpaired) electrons. The first-order chi connectivity index (χ1) is 8.52. The van der Waals surface area contributed by atoms with Gasteiger partial charge in [-0.2, -0.15) is 0 Å². The van der Waals surface area contributed by atoms with Crippen LogP contribution in [-0.2, 0) is 0 Å². The molecule has 1 atom stereocenters. The van der Waals surface area contributed by atoms with Crippen LogP contribution < -0.4 is 10.5 Å². The van der Waals surface area contributed by atoms with Crippen molar-refractivity contribution in [2.75, 3.05) is 7.11 Å². The molecule has 0 saturated carbocycles. The second-order valence-corrected chi connectivity index (χ2v) is 5.60. The van der Waals surface area contributed by atoms with E-state index in [0.29, 0.717) is 10.4 Å². The normalized spacial score (nSPS) is 12.5. The highest BCUT2D eigenvalue weighted by Gasteiger charge is 2.18. The Morgan fingerprint density at radius 1 is 1.28 bits per heavy atom. The molecule has 1 aromatic heterocycles. The molecule has 2 N–H and O–H groups in total. The average Bonchev–Trinajstić information content (AvgIpc) is 2.78. The van der Waals surface area contributed by atoms with Gasteiger partial charge in [-0.3, -0.25) is 0 Å². The van der Waals surface area contributed by atoms with Gasteiger partial charge in [-0.15, -0.1) is 0 Å². The fraction of sp³-hybridized carbons (Fsp3) is 0.231. The number of furan rings is 1. The summed E-state index contributed by atoms with van der Waals surface area (Å²) in [6, 6.07) is 7.24. The van der Waals surface area contributed by atoms with Gasteiger partial charge in [-0.05, 0) is 52.7 Å². The number of aryl methyl sites for hydroxylation is 1. The van der Waals surface area contributed by atoms with Gasteiger partial charge in [0.25, 0.3) is 0 Å². The average molecular weight is 375 g/mol. The summed E-state index contributed by atoms with van der Waals surface area (Å²) in [5, 5.41) is 0. The van der Waals surface area contributed by atoms with Crippen molar-refractivity contribution in [1.29, 1.82) is 0 Å². The molecule has 5 heteroatoms. The molecule has 0 aliphatic heterocycles. The highest BCUT2D eigenvalue weighted by atomic mass is 79.9.